The number of H-pyrrole nitrogens is 1. The molecule has 1 N–H and O–H groups in total. The van der Waals surface area contributed by atoms with Crippen molar-refractivity contribution in [1.82, 2.24) is 9.97 Å². The van der Waals surface area contributed by atoms with Gasteiger partial charge in [0.05, 0.1) is 5.02 Å². The van der Waals surface area contributed by atoms with Crippen LogP contribution in [-0.2, 0) is 6.42 Å². The lowest BCUT2D eigenvalue weighted by Crippen LogP contribution is -1.91. The summed E-state index contributed by atoms with van der Waals surface area (Å²) in [5, 5.41) is 2.71. The third-order valence-corrected chi connectivity index (χ3v) is 4.08. The highest BCUT2D eigenvalue weighted by Gasteiger charge is 2.11. The zero-order valence-electron chi connectivity index (χ0n) is 10.6. The maximum atomic E-state index is 6.18. The summed E-state index contributed by atoms with van der Waals surface area (Å²) in [5.74, 6) is 0. The lowest BCUT2D eigenvalue weighted by Gasteiger charge is -2.04. The molecule has 0 unspecified atom stereocenters. The summed E-state index contributed by atoms with van der Waals surface area (Å²) in [6.45, 7) is 2.00. The second-order valence-corrected chi connectivity index (χ2v) is 5.79. The molecule has 101 valence electrons. The van der Waals surface area contributed by atoms with Gasteiger partial charge in [-0.25, -0.2) is 4.98 Å². The number of fused-ring (bicyclic) bond motifs is 1. The number of aromatic nitrogens is 2. The van der Waals surface area contributed by atoms with Crippen LogP contribution in [0.2, 0.25) is 15.2 Å². The van der Waals surface area contributed by atoms with E-state index in [1.54, 1.807) is 12.1 Å². The van der Waals surface area contributed by atoms with Crippen LogP contribution in [0.25, 0.3) is 11.0 Å². The predicted octanol–water partition coefficient (Wildman–Crippen LogP) is 5.22. The van der Waals surface area contributed by atoms with Gasteiger partial charge in [-0.15, -0.1) is 0 Å². The highest BCUT2D eigenvalue weighted by atomic mass is 35.5. The van der Waals surface area contributed by atoms with E-state index >= 15 is 0 Å². The number of nitrogens with zero attached hydrogens (tertiary/aromatic N) is 1. The molecule has 3 aromatic rings. The molecule has 0 fully saturated rings. The van der Waals surface area contributed by atoms with E-state index in [0.717, 1.165) is 27.9 Å². The molecule has 0 bridgehead atoms. The maximum Gasteiger partial charge on any atom is 0.139 e. The topological polar surface area (TPSA) is 28.7 Å². The molecule has 0 atom stereocenters. The average Bonchev–Trinajstić information content (AvgIpc) is 2.77. The summed E-state index contributed by atoms with van der Waals surface area (Å²) in [4.78, 5) is 7.53. The molecule has 1 radical (unpaired) electrons. The van der Waals surface area contributed by atoms with Crippen molar-refractivity contribution in [3.05, 3.63) is 62.4 Å². The molecule has 0 saturated heterocycles. The molecule has 0 aliphatic heterocycles. The van der Waals surface area contributed by atoms with E-state index in [0.29, 0.717) is 21.6 Å². The van der Waals surface area contributed by atoms with Gasteiger partial charge in [0, 0.05) is 28.6 Å². The largest absolute Gasteiger partial charge is 0.343 e. The number of aromatic amines is 1. The van der Waals surface area contributed by atoms with E-state index in [-0.39, 0.29) is 0 Å². The molecule has 2 aromatic heterocycles. The molecular weight excluding hydrogens is 315 g/mol. The van der Waals surface area contributed by atoms with Gasteiger partial charge in [0.15, 0.2) is 0 Å². The van der Waals surface area contributed by atoms with Gasteiger partial charge >= 0.3 is 0 Å². The summed E-state index contributed by atoms with van der Waals surface area (Å²) in [6.07, 6.45) is 0.600. The molecular formula is C15H10Cl3N2. The minimum atomic E-state index is 0.479. The van der Waals surface area contributed by atoms with Crippen LogP contribution < -0.4 is 0 Å². The van der Waals surface area contributed by atoms with Crippen LogP contribution in [-0.4, -0.2) is 9.97 Å². The number of rotatable bonds is 2. The number of hydrogen-bond donors (Lipinski definition) is 1. The number of nitrogens with one attached hydrogen (secondary N) is 1. The van der Waals surface area contributed by atoms with E-state index < -0.39 is 0 Å². The lowest BCUT2D eigenvalue weighted by atomic mass is 10.1. The highest BCUT2D eigenvalue weighted by Crippen LogP contribution is 2.28. The van der Waals surface area contributed by atoms with Crippen LogP contribution in [0.5, 0.6) is 0 Å². The minimum Gasteiger partial charge on any atom is -0.343 e. The van der Waals surface area contributed by atoms with Crippen molar-refractivity contribution in [1.29, 1.82) is 0 Å². The summed E-state index contributed by atoms with van der Waals surface area (Å²) in [5.41, 5.74) is 3.70. The number of aryl methyl sites for hydroxylation is 1. The zero-order chi connectivity index (χ0) is 14.3. The molecule has 0 saturated carbocycles. The summed E-state index contributed by atoms with van der Waals surface area (Å²) in [6, 6.07) is 10.3. The minimum absolute atomic E-state index is 0.479. The van der Waals surface area contributed by atoms with Gasteiger partial charge in [0.2, 0.25) is 0 Å². The summed E-state index contributed by atoms with van der Waals surface area (Å²) < 4.78 is 0. The Labute approximate surface area is 131 Å². The van der Waals surface area contributed by atoms with Crippen molar-refractivity contribution < 1.29 is 0 Å². The van der Waals surface area contributed by atoms with Gasteiger partial charge in [-0.2, -0.15) is 0 Å². The zero-order valence-corrected chi connectivity index (χ0v) is 12.9. The molecule has 0 spiro atoms. The number of benzene rings is 1. The number of halogens is 3. The average molecular weight is 325 g/mol. The summed E-state index contributed by atoms with van der Waals surface area (Å²) in [7, 11) is 0. The fraction of sp³-hybridized carbons (Fsp3) is 0.133. The Hall–Kier alpha value is -1.22. The predicted molar refractivity (Wildman–Crippen MR) is 83.9 cm³/mol. The van der Waals surface area contributed by atoms with Crippen LogP contribution in [0, 0.1) is 13.0 Å². The quantitative estimate of drug-likeness (QED) is 0.643. The van der Waals surface area contributed by atoms with Crippen LogP contribution in [0.1, 0.15) is 16.8 Å². The van der Waals surface area contributed by atoms with E-state index in [1.807, 2.05) is 19.1 Å². The Bertz CT molecular complexity index is 773. The second kappa shape index (κ2) is 5.28. The second-order valence-electron chi connectivity index (χ2n) is 4.61. The fourth-order valence-corrected chi connectivity index (χ4v) is 2.96. The van der Waals surface area contributed by atoms with Crippen molar-refractivity contribution in [2.45, 2.75) is 13.3 Å². The lowest BCUT2D eigenvalue weighted by molar-refractivity contribution is 1.11. The van der Waals surface area contributed by atoms with Crippen molar-refractivity contribution in [2.75, 3.05) is 0 Å². The van der Waals surface area contributed by atoms with Crippen molar-refractivity contribution in [3.8, 4) is 0 Å². The Balaban J connectivity index is 2.06. The molecule has 0 aliphatic rings. The first-order valence-corrected chi connectivity index (χ1v) is 7.17. The molecule has 3 rings (SSSR count). The third kappa shape index (κ3) is 2.51. The van der Waals surface area contributed by atoms with Crippen LogP contribution in [0.3, 0.4) is 0 Å². The van der Waals surface area contributed by atoms with Crippen LogP contribution in [0.15, 0.2) is 24.3 Å². The molecule has 0 aliphatic carbocycles. The first-order chi connectivity index (χ1) is 9.54. The van der Waals surface area contributed by atoms with Crippen molar-refractivity contribution in [3.63, 3.8) is 0 Å². The number of pyridine rings is 1. The standard InChI is InChI=1S/C15H10Cl3N2/c1-8-5-14(18)20-15-10(8)6-9(19-15)7-11-12(16)3-2-4-13(11)17/h2-3,5-6H,7H2,1H3,(H,19,20). The van der Waals surface area contributed by atoms with E-state index in [4.69, 9.17) is 34.8 Å². The van der Waals surface area contributed by atoms with Crippen LogP contribution in [0.4, 0.5) is 0 Å². The Morgan fingerprint density at radius 2 is 2.05 bits per heavy atom. The molecule has 20 heavy (non-hydrogen) atoms. The van der Waals surface area contributed by atoms with Gasteiger partial charge in [0.25, 0.3) is 0 Å². The van der Waals surface area contributed by atoms with Crippen LogP contribution >= 0.6 is 34.8 Å². The normalized spacial score (nSPS) is 11.2. The molecule has 1 aromatic carbocycles. The molecule has 0 amide bonds. The van der Waals surface area contributed by atoms with Gasteiger partial charge in [-0.1, -0.05) is 40.9 Å². The Kier molecular flexibility index (Phi) is 3.63. The molecule has 5 heteroatoms. The number of hydrogen-bond acceptors (Lipinski definition) is 1. The van der Waals surface area contributed by atoms with Crippen molar-refractivity contribution in [2.24, 2.45) is 0 Å². The monoisotopic (exact) mass is 323 g/mol. The SMILES string of the molecule is Cc1cc(Cl)nc2[nH]c(Cc3c(Cl)[c]ccc3Cl)cc12. The third-order valence-electron chi connectivity index (χ3n) is 3.19. The first kappa shape index (κ1) is 13.7. The fourth-order valence-electron chi connectivity index (χ4n) is 2.21. The van der Waals surface area contributed by atoms with E-state index in [1.165, 1.54) is 0 Å². The summed E-state index contributed by atoms with van der Waals surface area (Å²) >= 11 is 18.3. The van der Waals surface area contributed by atoms with Gasteiger partial charge in [-0.05, 0) is 36.2 Å². The van der Waals surface area contributed by atoms with E-state index in [9.17, 15) is 0 Å². The molecule has 2 nitrogen and oxygen atoms in total. The van der Waals surface area contributed by atoms with Crippen molar-refractivity contribution >= 4 is 45.8 Å². The van der Waals surface area contributed by atoms with E-state index in [2.05, 4.69) is 16.0 Å². The first-order valence-electron chi connectivity index (χ1n) is 6.04. The maximum absolute atomic E-state index is 6.18. The smallest absolute Gasteiger partial charge is 0.139 e. The van der Waals surface area contributed by atoms with Gasteiger partial charge < -0.3 is 4.98 Å². The Morgan fingerprint density at radius 3 is 2.80 bits per heavy atom. The van der Waals surface area contributed by atoms with Gasteiger partial charge in [0.1, 0.15) is 10.8 Å². The highest BCUT2D eigenvalue weighted by molar-refractivity contribution is 6.35. The molecule has 2 heterocycles. The Morgan fingerprint density at radius 1 is 1.25 bits per heavy atom. The van der Waals surface area contributed by atoms with Gasteiger partial charge in [-0.3, -0.25) is 0 Å².